The summed E-state index contributed by atoms with van der Waals surface area (Å²) in [5.41, 5.74) is 4.13. The van der Waals surface area contributed by atoms with Crippen LogP contribution in [0.5, 0.6) is 0 Å². The molecule has 2 heterocycles. The predicted molar refractivity (Wildman–Crippen MR) is 108 cm³/mol. The number of rotatable bonds is 3. The summed E-state index contributed by atoms with van der Waals surface area (Å²) in [5, 5.41) is 10.6. The van der Waals surface area contributed by atoms with Crippen LogP contribution in [0.4, 0.5) is 11.6 Å². The number of nitrogens with one attached hydrogen (secondary N) is 2. The van der Waals surface area contributed by atoms with Gasteiger partial charge in [0.15, 0.2) is 0 Å². The number of amides is 1. The number of aromatic nitrogens is 3. The lowest BCUT2D eigenvalue weighted by Crippen LogP contribution is -2.31. The molecule has 0 aliphatic carbocycles. The van der Waals surface area contributed by atoms with E-state index in [1.54, 1.807) is 4.68 Å². The van der Waals surface area contributed by atoms with Gasteiger partial charge in [-0.1, -0.05) is 46.3 Å². The van der Waals surface area contributed by atoms with E-state index in [2.05, 4.69) is 36.6 Å². The second kappa shape index (κ2) is 7.00. The largest absolute Gasteiger partial charge is 0.328 e. The van der Waals surface area contributed by atoms with Gasteiger partial charge < -0.3 is 10.6 Å². The molecule has 27 heavy (non-hydrogen) atoms. The monoisotopic (exact) mass is 423 g/mol. The first-order chi connectivity index (χ1) is 13.0. The van der Waals surface area contributed by atoms with E-state index in [0.29, 0.717) is 11.5 Å². The Labute approximate surface area is 165 Å². The summed E-state index contributed by atoms with van der Waals surface area (Å²) in [6.07, 6.45) is 1.49. The highest BCUT2D eigenvalue weighted by Gasteiger charge is 2.33. The lowest BCUT2D eigenvalue weighted by Gasteiger charge is -2.29. The third-order valence-corrected chi connectivity index (χ3v) is 5.15. The topological polar surface area (TPSA) is 71.8 Å². The van der Waals surface area contributed by atoms with Crippen LogP contribution in [0.25, 0.3) is 0 Å². The van der Waals surface area contributed by atoms with E-state index in [-0.39, 0.29) is 11.9 Å². The number of hydrogen-bond donors (Lipinski definition) is 2. The number of allylic oxidation sites excluding steroid dienone is 1. The van der Waals surface area contributed by atoms with Gasteiger partial charge in [-0.15, -0.1) is 0 Å². The molecule has 7 heteroatoms. The zero-order valence-electron chi connectivity index (χ0n) is 14.9. The van der Waals surface area contributed by atoms with E-state index in [1.165, 1.54) is 6.33 Å². The molecular weight excluding hydrogens is 406 g/mol. The molecule has 4 rings (SSSR count). The Morgan fingerprint density at radius 1 is 1.15 bits per heavy atom. The molecule has 0 spiro atoms. The number of hydrogen-bond acceptors (Lipinski definition) is 4. The van der Waals surface area contributed by atoms with Crippen molar-refractivity contribution in [3.63, 3.8) is 0 Å². The molecule has 1 atom stereocenters. The number of halogens is 1. The number of anilines is 2. The molecule has 0 fully saturated rings. The average Bonchev–Trinajstić information content (AvgIpc) is 3.11. The Morgan fingerprint density at radius 2 is 1.89 bits per heavy atom. The molecule has 3 aromatic rings. The van der Waals surface area contributed by atoms with Gasteiger partial charge in [-0.2, -0.15) is 10.1 Å². The quantitative estimate of drug-likeness (QED) is 0.659. The third kappa shape index (κ3) is 3.26. The standard InChI is InChI=1S/C20H18BrN5O/c1-12-5-3-4-6-16(12)25-19(27)17-13(2)24-20-22-11-23-26(20)18(17)14-7-9-15(21)10-8-14/h3-11,18H,1-2H3,(H,25,27)(H,22,23,24). The van der Waals surface area contributed by atoms with Gasteiger partial charge in [0.25, 0.3) is 5.91 Å². The first kappa shape index (κ1) is 17.5. The number of aryl methyl sites for hydroxylation is 1. The normalized spacial score (nSPS) is 15.9. The van der Waals surface area contributed by atoms with Crippen molar-refractivity contribution in [1.82, 2.24) is 14.8 Å². The molecule has 0 saturated carbocycles. The minimum Gasteiger partial charge on any atom is -0.328 e. The Morgan fingerprint density at radius 3 is 2.63 bits per heavy atom. The zero-order chi connectivity index (χ0) is 19.0. The maximum Gasteiger partial charge on any atom is 0.255 e. The summed E-state index contributed by atoms with van der Waals surface area (Å²) in [5.74, 6) is 0.455. The van der Waals surface area contributed by atoms with E-state index >= 15 is 0 Å². The summed E-state index contributed by atoms with van der Waals surface area (Å²) in [6.45, 7) is 3.86. The summed E-state index contributed by atoms with van der Waals surface area (Å²) in [6, 6.07) is 15.3. The summed E-state index contributed by atoms with van der Waals surface area (Å²) in [7, 11) is 0. The van der Waals surface area contributed by atoms with Crippen molar-refractivity contribution in [3.05, 3.63) is 81.7 Å². The molecule has 1 aliphatic heterocycles. The van der Waals surface area contributed by atoms with E-state index in [4.69, 9.17) is 0 Å². The maximum atomic E-state index is 13.2. The molecule has 6 nitrogen and oxygen atoms in total. The van der Waals surface area contributed by atoms with Crippen LogP contribution >= 0.6 is 15.9 Å². The first-order valence-electron chi connectivity index (χ1n) is 8.54. The SMILES string of the molecule is CC1=C(C(=O)Nc2ccccc2C)C(c2ccc(Br)cc2)n2ncnc2N1. The lowest BCUT2D eigenvalue weighted by molar-refractivity contribution is -0.113. The van der Waals surface area contributed by atoms with Gasteiger partial charge in [0.1, 0.15) is 12.4 Å². The molecule has 136 valence electrons. The molecule has 1 aromatic heterocycles. The molecule has 1 aliphatic rings. The van der Waals surface area contributed by atoms with Gasteiger partial charge in [0.2, 0.25) is 5.95 Å². The summed E-state index contributed by atoms with van der Waals surface area (Å²) >= 11 is 3.46. The Kier molecular flexibility index (Phi) is 4.53. The van der Waals surface area contributed by atoms with Crippen molar-refractivity contribution in [2.75, 3.05) is 10.6 Å². The van der Waals surface area contributed by atoms with Crippen molar-refractivity contribution >= 4 is 33.5 Å². The van der Waals surface area contributed by atoms with Crippen LogP contribution in [0.1, 0.15) is 24.1 Å². The van der Waals surface area contributed by atoms with Crippen molar-refractivity contribution in [1.29, 1.82) is 0 Å². The van der Waals surface area contributed by atoms with E-state index in [1.807, 2.05) is 62.4 Å². The van der Waals surface area contributed by atoms with Crippen molar-refractivity contribution in [2.45, 2.75) is 19.9 Å². The van der Waals surface area contributed by atoms with Crippen LogP contribution in [0.3, 0.4) is 0 Å². The molecule has 1 unspecified atom stereocenters. The number of carbonyl (C=O) groups excluding carboxylic acids is 1. The molecule has 2 aromatic carbocycles. The Balaban J connectivity index is 1.77. The summed E-state index contributed by atoms with van der Waals surface area (Å²) in [4.78, 5) is 17.5. The lowest BCUT2D eigenvalue weighted by atomic mass is 9.95. The molecule has 0 bridgehead atoms. The highest BCUT2D eigenvalue weighted by atomic mass is 79.9. The van der Waals surface area contributed by atoms with Crippen LogP contribution in [0, 0.1) is 6.92 Å². The maximum absolute atomic E-state index is 13.2. The second-order valence-corrected chi connectivity index (χ2v) is 7.33. The van der Waals surface area contributed by atoms with Gasteiger partial charge in [0, 0.05) is 15.9 Å². The Hall–Kier alpha value is -2.93. The fraction of sp³-hybridized carbons (Fsp3) is 0.150. The Bertz CT molecular complexity index is 1040. The van der Waals surface area contributed by atoms with Crippen LogP contribution in [0.2, 0.25) is 0 Å². The van der Waals surface area contributed by atoms with E-state index < -0.39 is 0 Å². The number of carbonyl (C=O) groups is 1. The van der Waals surface area contributed by atoms with Gasteiger partial charge in [-0.05, 0) is 43.2 Å². The van der Waals surface area contributed by atoms with Gasteiger partial charge >= 0.3 is 0 Å². The van der Waals surface area contributed by atoms with Gasteiger partial charge in [-0.25, -0.2) is 4.68 Å². The predicted octanol–water partition coefficient (Wildman–Crippen LogP) is 4.28. The third-order valence-electron chi connectivity index (χ3n) is 4.62. The molecule has 0 saturated heterocycles. The summed E-state index contributed by atoms with van der Waals surface area (Å²) < 4.78 is 2.72. The van der Waals surface area contributed by atoms with Crippen LogP contribution < -0.4 is 10.6 Å². The van der Waals surface area contributed by atoms with Crippen LogP contribution in [0.15, 0.2) is 70.6 Å². The number of fused-ring (bicyclic) bond motifs is 1. The van der Waals surface area contributed by atoms with Crippen LogP contribution in [-0.2, 0) is 4.79 Å². The van der Waals surface area contributed by atoms with Crippen molar-refractivity contribution in [3.8, 4) is 0 Å². The number of para-hydroxylation sites is 1. The number of nitrogens with zero attached hydrogens (tertiary/aromatic N) is 3. The minimum atomic E-state index is -0.360. The average molecular weight is 424 g/mol. The highest BCUT2D eigenvalue weighted by molar-refractivity contribution is 9.10. The second-order valence-electron chi connectivity index (χ2n) is 6.42. The molecule has 2 N–H and O–H groups in total. The molecular formula is C20H18BrN5O. The zero-order valence-corrected chi connectivity index (χ0v) is 16.5. The fourth-order valence-electron chi connectivity index (χ4n) is 3.24. The highest BCUT2D eigenvalue weighted by Crippen LogP contribution is 2.35. The minimum absolute atomic E-state index is 0.164. The fourth-order valence-corrected chi connectivity index (χ4v) is 3.51. The van der Waals surface area contributed by atoms with Crippen LogP contribution in [-0.4, -0.2) is 20.7 Å². The first-order valence-corrected chi connectivity index (χ1v) is 9.33. The van der Waals surface area contributed by atoms with Crippen molar-refractivity contribution < 1.29 is 4.79 Å². The molecule has 0 radical (unpaired) electrons. The van der Waals surface area contributed by atoms with Gasteiger partial charge in [0.05, 0.1) is 5.57 Å². The van der Waals surface area contributed by atoms with E-state index in [0.717, 1.165) is 27.0 Å². The smallest absolute Gasteiger partial charge is 0.255 e. The molecule has 1 amide bonds. The van der Waals surface area contributed by atoms with E-state index in [9.17, 15) is 4.79 Å². The van der Waals surface area contributed by atoms with Gasteiger partial charge in [-0.3, -0.25) is 4.79 Å². The van der Waals surface area contributed by atoms with Crippen molar-refractivity contribution in [2.24, 2.45) is 0 Å². The number of benzene rings is 2.